The Hall–Kier alpha value is -0.970. The number of nitrogens with two attached hydrogens (primary N) is 1. The Balaban J connectivity index is 1.84. The number of nitrogens with zero attached hydrogens (tertiary/aromatic N) is 1. The first kappa shape index (κ1) is 13.5. The molecule has 0 aliphatic heterocycles. The molecule has 1 saturated carbocycles. The van der Waals surface area contributed by atoms with Gasteiger partial charge in [0.1, 0.15) is 5.82 Å². The molecule has 1 fully saturated rings. The fraction of sp³-hybridized carbons (Fsp3) is 0.571. The molecule has 0 bridgehead atoms. The maximum Gasteiger partial charge on any atom is 0.123 e. The maximum atomic E-state index is 13.1. The van der Waals surface area contributed by atoms with E-state index in [0.717, 1.165) is 18.5 Å². The van der Waals surface area contributed by atoms with Crippen molar-refractivity contribution >= 4 is 0 Å². The summed E-state index contributed by atoms with van der Waals surface area (Å²) >= 11 is 0. The summed E-state index contributed by atoms with van der Waals surface area (Å²) in [6.07, 6.45) is 3.23. The molecule has 1 aromatic rings. The summed E-state index contributed by atoms with van der Waals surface area (Å²) in [5, 5.41) is 9.01. The molecule has 0 spiro atoms. The molecule has 0 heterocycles. The van der Waals surface area contributed by atoms with Crippen LogP contribution in [-0.2, 0) is 0 Å². The van der Waals surface area contributed by atoms with E-state index in [0.29, 0.717) is 12.6 Å². The van der Waals surface area contributed by atoms with E-state index < -0.39 is 0 Å². The number of rotatable bonds is 7. The fourth-order valence-electron chi connectivity index (χ4n) is 2.25. The molecule has 1 unspecified atom stereocenters. The minimum atomic E-state index is -0.239. The summed E-state index contributed by atoms with van der Waals surface area (Å²) in [5.74, 6) is -0.239. The Kier molecular flexibility index (Phi) is 4.69. The molecule has 1 aliphatic rings. The van der Waals surface area contributed by atoms with Crippen LogP contribution >= 0.6 is 0 Å². The molecule has 18 heavy (non-hydrogen) atoms. The minimum absolute atomic E-state index is 0.138. The molecular weight excluding hydrogens is 231 g/mol. The molecule has 100 valence electrons. The van der Waals surface area contributed by atoms with Gasteiger partial charge in [-0.1, -0.05) is 12.1 Å². The van der Waals surface area contributed by atoms with Crippen LogP contribution in [0.1, 0.15) is 30.9 Å². The number of hydrogen-bond acceptors (Lipinski definition) is 3. The van der Waals surface area contributed by atoms with Gasteiger partial charge in [0.15, 0.2) is 0 Å². The van der Waals surface area contributed by atoms with Gasteiger partial charge < -0.3 is 10.8 Å². The first-order valence-corrected chi connectivity index (χ1v) is 6.56. The summed E-state index contributed by atoms with van der Waals surface area (Å²) in [7, 11) is 0. The van der Waals surface area contributed by atoms with Crippen molar-refractivity contribution in [1.82, 2.24) is 4.90 Å². The molecule has 2 rings (SSSR count). The number of halogens is 1. The molecule has 3 N–H and O–H groups in total. The molecule has 0 saturated heterocycles. The molecule has 1 aliphatic carbocycles. The van der Waals surface area contributed by atoms with E-state index in [9.17, 15) is 4.39 Å². The fourth-order valence-corrected chi connectivity index (χ4v) is 2.25. The van der Waals surface area contributed by atoms with Crippen LogP contribution in [0.25, 0.3) is 0 Å². The summed E-state index contributed by atoms with van der Waals surface area (Å²) in [6.45, 7) is 1.76. The van der Waals surface area contributed by atoms with Crippen LogP contribution in [-0.4, -0.2) is 35.7 Å². The largest absolute Gasteiger partial charge is 0.395 e. The van der Waals surface area contributed by atoms with Crippen molar-refractivity contribution in [3.63, 3.8) is 0 Å². The molecule has 1 atom stereocenters. The van der Waals surface area contributed by atoms with Crippen LogP contribution in [0.2, 0.25) is 0 Å². The van der Waals surface area contributed by atoms with Crippen molar-refractivity contribution in [2.75, 3.05) is 19.7 Å². The van der Waals surface area contributed by atoms with E-state index in [1.54, 1.807) is 6.07 Å². The molecule has 3 nitrogen and oxygen atoms in total. The van der Waals surface area contributed by atoms with Crippen molar-refractivity contribution in [3.05, 3.63) is 35.6 Å². The van der Waals surface area contributed by atoms with Gasteiger partial charge in [-0.15, -0.1) is 0 Å². The summed E-state index contributed by atoms with van der Waals surface area (Å²) in [6, 6.07) is 6.96. The van der Waals surface area contributed by atoms with E-state index in [4.69, 9.17) is 10.8 Å². The average molecular weight is 252 g/mol. The van der Waals surface area contributed by atoms with Crippen LogP contribution < -0.4 is 5.73 Å². The molecule has 0 aromatic heterocycles. The van der Waals surface area contributed by atoms with E-state index in [-0.39, 0.29) is 18.5 Å². The maximum absolute atomic E-state index is 13.1. The second-order valence-corrected chi connectivity index (χ2v) is 4.94. The zero-order valence-corrected chi connectivity index (χ0v) is 10.6. The van der Waals surface area contributed by atoms with Gasteiger partial charge in [-0.25, -0.2) is 4.39 Å². The van der Waals surface area contributed by atoms with Gasteiger partial charge in [0.25, 0.3) is 0 Å². The lowest BCUT2D eigenvalue weighted by Gasteiger charge is -2.22. The Morgan fingerprint density at radius 3 is 2.78 bits per heavy atom. The van der Waals surface area contributed by atoms with Crippen molar-refractivity contribution in [2.45, 2.75) is 31.3 Å². The lowest BCUT2D eigenvalue weighted by Crippen LogP contribution is -2.32. The first-order valence-electron chi connectivity index (χ1n) is 6.56. The van der Waals surface area contributed by atoms with Crippen LogP contribution in [0, 0.1) is 5.82 Å². The van der Waals surface area contributed by atoms with E-state index in [1.165, 1.54) is 25.0 Å². The van der Waals surface area contributed by atoms with Crippen LogP contribution in [0.5, 0.6) is 0 Å². The van der Waals surface area contributed by atoms with Crippen LogP contribution in [0.3, 0.4) is 0 Å². The molecule has 0 amide bonds. The Morgan fingerprint density at radius 2 is 2.17 bits per heavy atom. The molecular formula is C14H21FN2O. The zero-order valence-electron chi connectivity index (χ0n) is 10.6. The monoisotopic (exact) mass is 252 g/mol. The minimum Gasteiger partial charge on any atom is -0.395 e. The highest BCUT2D eigenvalue weighted by Crippen LogP contribution is 2.27. The van der Waals surface area contributed by atoms with E-state index >= 15 is 0 Å². The van der Waals surface area contributed by atoms with E-state index in [2.05, 4.69) is 4.90 Å². The Bertz CT molecular complexity index is 382. The zero-order chi connectivity index (χ0) is 13.0. The highest BCUT2D eigenvalue weighted by molar-refractivity contribution is 5.19. The Morgan fingerprint density at radius 1 is 1.39 bits per heavy atom. The highest BCUT2D eigenvalue weighted by atomic mass is 19.1. The topological polar surface area (TPSA) is 49.5 Å². The lowest BCUT2D eigenvalue weighted by molar-refractivity contribution is 0.185. The van der Waals surface area contributed by atoms with Gasteiger partial charge in [-0.2, -0.15) is 0 Å². The van der Waals surface area contributed by atoms with Crippen LogP contribution in [0.15, 0.2) is 24.3 Å². The Labute approximate surface area is 107 Å². The first-order chi connectivity index (χ1) is 8.70. The van der Waals surface area contributed by atoms with Crippen molar-refractivity contribution in [2.24, 2.45) is 5.73 Å². The van der Waals surface area contributed by atoms with E-state index in [1.807, 2.05) is 6.07 Å². The van der Waals surface area contributed by atoms with Crippen molar-refractivity contribution < 1.29 is 9.50 Å². The van der Waals surface area contributed by atoms with Crippen LogP contribution in [0.4, 0.5) is 4.39 Å². The summed E-state index contributed by atoms with van der Waals surface area (Å²) < 4.78 is 13.1. The van der Waals surface area contributed by atoms with Gasteiger partial charge in [-0.3, -0.25) is 4.90 Å². The summed E-state index contributed by atoms with van der Waals surface area (Å²) in [5.41, 5.74) is 6.92. The number of aliphatic hydroxyl groups excluding tert-OH is 1. The van der Waals surface area contributed by atoms with Gasteiger partial charge in [0, 0.05) is 25.2 Å². The van der Waals surface area contributed by atoms with Crippen molar-refractivity contribution in [1.29, 1.82) is 0 Å². The third kappa shape index (κ3) is 3.77. The molecule has 0 radical (unpaired) electrons. The normalized spacial score (nSPS) is 17.1. The smallest absolute Gasteiger partial charge is 0.123 e. The molecule has 4 heteroatoms. The third-order valence-corrected chi connectivity index (χ3v) is 3.45. The molecule has 1 aromatic carbocycles. The predicted octanol–water partition coefficient (Wildman–Crippen LogP) is 1.67. The SMILES string of the molecule is NC(CCN(CCO)C1CC1)c1cccc(F)c1. The van der Waals surface area contributed by atoms with Crippen molar-refractivity contribution in [3.8, 4) is 0 Å². The number of benzene rings is 1. The highest BCUT2D eigenvalue weighted by Gasteiger charge is 2.28. The predicted molar refractivity (Wildman–Crippen MR) is 69.6 cm³/mol. The third-order valence-electron chi connectivity index (χ3n) is 3.45. The average Bonchev–Trinajstić information content (AvgIpc) is 3.18. The number of aliphatic hydroxyl groups is 1. The van der Waals surface area contributed by atoms with Gasteiger partial charge in [-0.05, 0) is 37.0 Å². The van der Waals surface area contributed by atoms with Gasteiger partial charge in [0.05, 0.1) is 6.61 Å². The van der Waals surface area contributed by atoms with Gasteiger partial charge >= 0.3 is 0 Å². The second-order valence-electron chi connectivity index (χ2n) is 4.94. The second kappa shape index (κ2) is 6.27. The standard InChI is InChI=1S/C14H21FN2O/c15-12-3-1-2-11(10-12)14(16)6-7-17(8-9-18)13-4-5-13/h1-3,10,13-14,18H,4-9,16H2. The van der Waals surface area contributed by atoms with Gasteiger partial charge in [0.2, 0.25) is 0 Å². The quantitative estimate of drug-likeness (QED) is 0.776. The number of hydrogen-bond donors (Lipinski definition) is 2. The lowest BCUT2D eigenvalue weighted by atomic mass is 10.0. The summed E-state index contributed by atoms with van der Waals surface area (Å²) in [4.78, 5) is 2.28.